The summed E-state index contributed by atoms with van der Waals surface area (Å²) < 4.78 is 0. The molecule has 0 fully saturated rings. The largest absolute Gasteiger partial charge is 0.371 e. The Hall–Kier alpha value is -2.88. The number of aromatic nitrogens is 1. The highest BCUT2D eigenvalue weighted by Gasteiger charge is 2.17. The number of para-hydroxylation sites is 2. The molecule has 0 saturated carbocycles. The third-order valence-electron chi connectivity index (χ3n) is 4.72. The summed E-state index contributed by atoms with van der Waals surface area (Å²) in [6.45, 7) is 1.75. The van der Waals surface area contributed by atoms with E-state index in [9.17, 15) is 4.79 Å². The Kier molecular flexibility index (Phi) is 4.34. The predicted octanol–water partition coefficient (Wildman–Crippen LogP) is 4.02. The van der Waals surface area contributed by atoms with Crippen molar-refractivity contribution in [3.63, 3.8) is 0 Å². The van der Waals surface area contributed by atoms with Crippen LogP contribution in [0.2, 0.25) is 0 Å². The third-order valence-corrected chi connectivity index (χ3v) is 4.72. The molecule has 3 aromatic rings. The van der Waals surface area contributed by atoms with Gasteiger partial charge in [-0.2, -0.15) is 0 Å². The molecule has 1 aromatic heterocycles. The maximum atomic E-state index is 12.4. The van der Waals surface area contributed by atoms with Crippen LogP contribution in [0.25, 0.3) is 10.9 Å². The molecule has 4 nitrogen and oxygen atoms in total. The van der Waals surface area contributed by atoms with E-state index >= 15 is 0 Å². The molecular formula is C21H21N3O. The fraction of sp³-hybridized carbons (Fsp3) is 0.238. The number of carbonyl (C=O) groups is 1. The molecule has 0 unspecified atom stereocenters. The van der Waals surface area contributed by atoms with Gasteiger partial charge in [-0.1, -0.05) is 36.4 Å². The number of fused-ring (bicyclic) bond motifs is 2. The zero-order valence-corrected chi connectivity index (χ0v) is 14.1. The van der Waals surface area contributed by atoms with Crippen molar-refractivity contribution in [2.45, 2.75) is 19.3 Å². The van der Waals surface area contributed by atoms with Crippen molar-refractivity contribution in [3.05, 3.63) is 66.4 Å². The van der Waals surface area contributed by atoms with E-state index in [0.717, 1.165) is 42.5 Å². The molecule has 1 aliphatic rings. The van der Waals surface area contributed by atoms with Crippen molar-refractivity contribution in [3.8, 4) is 0 Å². The molecule has 0 atom stereocenters. The van der Waals surface area contributed by atoms with E-state index in [1.165, 1.54) is 11.3 Å². The van der Waals surface area contributed by atoms with Crippen molar-refractivity contribution in [2.75, 3.05) is 23.3 Å². The first-order valence-corrected chi connectivity index (χ1v) is 8.78. The number of amides is 1. The lowest BCUT2D eigenvalue weighted by Crippen LogP contribution is -2.32. The Morgan fingerprint density at radius 3 is 2.92 bits per heavy atom. The number of anilines is 2. The minimum atomic E-state index is 0.0289. The van der Waals surface area contributed by atoms with Crippen molar-refractivity contribution in [1.82, 2.24) is 4.98 Å². The molecule has 0 radical (unpaired) electrons. The van der Waals surface area contributed by atoms with E-state index in [0.29, 0.717) is 6.42 Å². The Bertz CT molecular complexity index is 901. The van der Waals surface area contributed by atoms with Crippen LogP contribution in [0.5, 0.6) is 0 Å². The minimum Gasteiger partial charge on any atom is -0.371 e. The predicted molar refractivity (Wildman–Crippen MR) is 102 cm³/mol. The highest BCUT2D eigenvalue weighted by Crippen LogP contribution is 2.27. The molecule has 1 N–H and O–H groups in total. The third kappa shape index (κ3) is 3.33. The van der Waals surface area contributed by atoms with Crippen LogP contribution >= 0.6 is 0 Å². The van der Waals surface area contributed by atoms with Crippen LogP contribution in [-0.4, -0.2) is 24.0 Å². The average molecular weight is 331 g/mol. The van der Waals surface area contributed by atoms with E-state index in [1.807, 2.05) is 30.3 Å². The summed E-state index contributed by atoms with van der Waals surface area (Å²) in [4.78, 5) is 19.2. The summed E-state index contributed by atoms with van der Waals surface area (Å²) in [5.74, 6) is 0.0289. The fourth-order valence-corrected chi connectivity index (χ4v) is 3.50. The number of hydrogen-bond donors (Lipinski definition) is 1. The van der Waals surface area contributed by atoms with Crippen molar-refractivity contribution >= 4 is 28.2 Å². The molecule has 0 saturated heterocycles. The van der Waals surface area contributed by atoms with Gasteiger partial charge in [0.1, 0.15) is 0 Å². The van der Waals surface area contributed by atoms with Gasteiger partial charge in [0.2, 0.25) is 5.91 Å². The monoisotopic (exact) mass is 331 g/mol. The van der Waals surface area contributed by atoms with Crippen molar-refractivity contribution < 1.29 is 4.79 Å². The number of aryl methyl sites for hydroxylation is 1. The maximum Gasteiger partial charge on any atom is 0.226 e. The summed E-state index contributed by atoms with van der Waals surface area (Å²) >= 11 is 0. The molecule has 4 rings (SSSR count). The number of benzene rings is 2. The van der Waals surface area contributed by atoms with Gasteiger partial charge in [-0.05, 0) is 36.6 Å². The molecule has 1 amide bonds. The van der Waals surface area contributed by atoms with Gasteiger partial charge in [0, 0.05) is 36.8 Å². The van der Waals surface area contributed by atoms with E-state index < -0.39 is 0 Å². The second kappa shape index (κ2) is 6.93. The highest BCUT2D eigenvalue weighted by atomic mass is 16.1. The van der Waals surface area contributed by atoms with E-state index in [1.54, 1.807) is 6.20 Å². The number of pyridine rings is 1. The number of rotatable bonds is 4. The van der Waals surface area contributed by atoms with Crippen LogP contribution in [0.3, 0.4) is 0 Å². The summed E-state index contributed by atoms with van der Waals surface area (Å²) in [5.41, 5.74) is 4.27. The summed E-state index contributed by atoms with van der Waals surface area (Å²) in [7, 11) is 0. The van der Waals surface area contributed by atoms with Crippen LogP contribution in [0.1, 0.15) is 18.4 Å². The summed E-state index contributed by atoms with van der Waals surface area (Å²) in [6.07, 6.45) is 4.49. The maximum absolute atomic E-state index is 12.4. The zero-order valence-electron chi connectivity index (χ0n) is 14.1. The Balaban J connectivity index is 1.43. The zero-order chi connectivity index (χ0) is 17.1. The quantitative estimate of drug-likeness (QED) is 0.785. The van der Waals surface area contributed by atoms with Crippen molar-refractivity contribution in [2.24, 2.45) is 0 Å². The first-order valence-electron chi connectivity index (χ1n) is 8.78. The summed E-state index contributed by atoms with van der Waals surface area (Å²) in [6, 6.07) is 18.3. The van der Waals surface area contributed by atoms with Gasteiger partial charge in [0.15, 0.2) is 0 Å². The van der Waals surface area contributed by atoms with Gasteiger partial charge in [-0.25, -0.2) is 0 Å². The van der Waals surface area contributed by atoms with E-state index in [4.69, 9.17) is 0 Å². The van der Waals surface area contributed by atoms with Crippen LogP contribution in [0.15, 0.2) is 60.8 Å². The smallest absolute Gasteiger partial charge is 0.226 e. The first-order chi connectivity index (χ1) is 12.3. The van der Waals surface area contributed by atoms with Crippen LogP contribution in [0.4, 0.5) is 11.4 Å². The van der Waals surface area contributed by atoms with Crippen molar-refractivity contribution in [1.29, 1.82) is 0 Å². The fourth-order valence-electron chi connectivity index (χ4n) is 3.50. The standard InChI is InChI=1S/C21H21N3O/c25-20(23-18-10-3-7-17-8-4-13-22-21(17)18)12-15-24-14-5-9-16-6-1-2-11-19(16)24/h1-4,6-8,10-11,13H,5,9,12,14-15H2,(H,23,25). The molecule has 1 aliphatic heterocycles. The van der Waals surface area contributed by atoms with E-state index in [-0.39, 0.29) is 5.91 Å². The summed E-state index contributed by atoms with van der Waals surface area (Å²) in [5, 5.41) is 4.05. The molecule has 2 heterocycles. The van der Waals surface area contributed by atoms with E-state index in [2.05, 4.69) is 39.5 Å². The Labute approximate surface area is 147 Å². The number of nitrogens with one attached hydrogen (secondary N) is 1. The molecule has 25 heavy (non-hydrogen) atoms. The molecule has 0 aliphatic carbocycles. The lowest BCUT2D eigenvalue weighted by molar-refractivity contribution is -0.116. The van der Waals surface area contributed by atoms with Gasteiger partial charge in [0.05, 0.1) is 11.2 Å². The highest BCUT2D eigenvalue weighted by molar-refractivity contribution is 6.00. The van der Waals surface area contributed by atoms with Crippen LogP contribution in [0, 0.1) is 0 Å². The van der Waals surface area contributed by atoms with Crippen LogP contribution < -0.4 is 10.2 Å². The van der Waals surface area contributed by atoms with Gasteiger partial charge in [0.25, 0.3) is 0 Å². The Morgan fingerprint density at radius 1 is 1.08 bits per heavy atom. The SMILES string of the molecule is O=C(CCN1CCCc2ccccc21)Nc1cccc2cccnc12. The molecule has 126 valence electrons. The molecule has 0 bridgehead atoms. The second-order valence-corrected chi connectivity index (χ2v) is 6.40. The van der Waals surface area contributed by atoms with Crippen LogP contribution in [-0.2, 0) is 11.2 Å². The second-order valence-electron chi connectivity index (χ2n) is 6.40. The molecule has 0 spiro atoms. The topological polar surface area (TPSA) is 45.2 Å². The number of hydrogen-bond acceptors (Lipinski definition) is 3. The lowest BCUT2D eigenvalue weighted by atomic mass is 10.0. The van der Waals surface area contributed by atoms with Gasteiger partial charge in [-0.3, -0.25) is 9.78 Å². The molecule has 4 heteroatoms. The minimum absolute atomic E-state index is 0.0289. The average Bonchev–Trinajstić information content (AvgIpc) is 2.66. The Morgan fingerprint density at radius 2 is 1.96 bits per heavy atom. The molecular weight excluding hydrogens is 310 g/mol. The molecule has 2 aromatic carbocycles. The lowest BCUT2D eigenvalue weighted by Gasteiger charge is -2.31. The normalized spacial score (nSPS) is 13.5. The first kappa shape index (κ1) is 15.6. The van der Waals surface area contributed by atoms with Gasteiger partial charge < -0.3 is 10.2 Å². The number of nitrogens with zero attached hydrogens (tertiary/aromatic N) is 2. The van der Waals surface area contributed by atoms with Gasteiger partial charge in [-0.15, -0.1) is 0 Å². The number of carbonyl (C=O) groups excluding carboxylic acids is 1. The van der Waals surface area contributed by atoms with Gasteiger partial charge >= 0.3 is 0 Å².